The molecule has 3 atom stereocenters. The molecule has 0 aliphatic rings. The highest BCUT2D eigenvalue weighted by Crippen LogP contribution is 2.26. The molecular formula is C54H49N9O3. The molecule has 12 nitrogen and oxygen atoms in total. The molecule has 66 heavy (non-hydrogen) atoms. The molecule has 3 aromatic heterocycles. The number of H-pyrrole nitrogens is 3. The van der Waals surface area contributed by atoms with Crippen molar-refractivity contribution in [3.63, 3.8) is 0 Å². The number of nitrogens with zero attached hydrogens (tertiary/aromatic N) is 2. The molecular weight excluding hydrogens is 823 g/mol. The minimum absolute atomic E-state index is 0.103. The van der Waals surface area contributed by atoms with Crippen LogP contribution in [0.1, 0.15) is 22.5 Å². The van der Waals surface area contributed by atoms with Gasteiger partial charge in [-0.2, -0.15) is 0 Å². The van der Waals surface area contributed by atoms with Crippen molar-refractivity contribution in [1.29, 1.82) is 0 Å². The highest BCUT2D eigenvalue weighted by molar-refractivity contribution is 5.94. The zero-order valence-electron chi connectivity index (χ0n) is 36.1. The van der Waals surface area contributed by atoms with Crippen molar-refractivity contribution < 1.29 is 14.4 Å². The van der Waals surface area contributed by atoms with Crippen molar-refractivity contribution in [1.82, 2.24) is 40.9 Å². The minimum Gasteiger partial charge on any atom is -0.361 e. The summed E-state index contributed by atoms with van der Waals surface area (Å²) in [7, 11) is 0. The molecule has 0 aliphatic carbocycles. The summed E-state index contributed by atoms with van der Waals surface area (Å²) in [6.07, 6.45) is 5.55. The van der Waals surface area contributed by atoms with E-state index in [1.807, 2.05) is 146 Å². The van der Waals surface area contributed by atoms with E-state index in [1.165, 1.54) is 0 Å². The molecule has 0 saturated carbocycles. The van der Waals surface area contributed by atoms with E-state index in [2.05, 4.69) is 65.1 Å². The summed E-state index contributed by atoms with van der Waals surface area (Å²) in [4.78, 5) is 61.7. The fourth-order valence-corrected chi connectivity index (χ4v) is 8.07. The van der Waals surface area contributed by atoms with Crippen molar-refractivity contribution >= 4 is 28.6 Å². The second-order valence-corrected chi connectivity index (χ2v) is 16.3. The lowest BCUT2D eigenvalue weighted by atomic mass is 10.0. The van der Waals surface area contributed by atoms with E-state index in [4.69, 9.17) is 5.73 Å². The van der Waals surface area contributed by atoms with Crippen LogP contribution < -0.4 is 21.7 Å². The summed E-state index contributed by atoms with van der Waals surface area (Å²) in [5.74, 6) is -0.187. The Balaban J connectivity index is 0.921. The number of rotatable bonds is 17. The van der Waals surface area contributed by atoms with Gasteiger partial charge in [0, 0.05) is 77.8 Å². The molecule has 6 aromatic carbocycles. The van der Waals surface area contributed by atoms with Crippen molar-refractivity contribution in [2.75, 3.05) is 0 Å². The summed E-state index contributed by atoms with van der Waals surface area (Å²) in [6, 6.07) is 50.6. The normalized spacial score (nSPS) is 12.6. The molecule has 328 valence electrons. The Kier molecular flexibility index (Phi) is 13.0. The number of imidazole rings is 2. The monoisotopic (exact) mass is 871 g/mol. The molecule has 9 rings (SSSR count). The zero-order chi connectivity index (χ0) is 45.2. The molecule has 12 heteroatoms. The van der Waals surface area contributed by atoms with Crippen LogP contribution in [0.4, 0.5) is 0 Å². The van der Waals surface area contributed by atoms with Gasteiger partial charge in [0.2, 0.25) is 17.7 Å². The van der Waals surface area contributed by atoms with Gasteiger partial charge >= 0.3 is 0 Å². The Hall–Kier alpha value is -8.35. The number of aromatic amines is 3. The molecule has 9 aromatic rings. The Morgan fingerprint density at radius 2 is 0.970 bits per heavy atom. The Labute approximate surface area is 382 Å². The van der Waals surface area contributed by atoms with E-state index in [-0.39, 0.29) is 25.8 Å². The number of hydrogen-bond acceptors (Lipinski definition) is 6. The maximum atomic E-state index is 14.6. The quantitative estimate of drug-likeness (QED) is 0.0487. The predicted molar refractivity (Wildman–Crippen MR) is 258 cm³/mol. The number of carbonyl (C=O) groups is 3. The third kappa shape index (κ3) is 10.4. The first-order valence-electron chi connectivity index (χ1n) is 22.0. The molecule has 0 bridgehead atoms. The average Bonchev–Trinajstić information content (AvgIpc) is 4.15. The molecule has 3 amide bonds. The SMILES string of the molecule is N[C@@H](Cc1cnc(-c2ccc(-c3ccccc3)cc2)[nH]1)C(=O)N[C@@H](Cc1c[nH]c2ccccc12)C(=O)N[C@@H](Cc1cnc(-c2ccc(-c3ccccc3)cc2)[nH]1)C(=O)NCc1ccccc1. The van der Waals surface area contributed by atoms with Gasteiger partial charge in [-0.3, -0.25) is 14.4 Å². The maximum absolute atomic E-state index is 14.6. The van der Waals surface area contributed by atoms with Gasteiger partial charge in [-0.1, -0.05) is 158 Å². The van der Waals surface area contributed by atoms with Crippen molar-refractivity contribution in [2.45, 2.75) is 43.9 Å². The number of fused-ring (bicyclic) bond motifs is 1. The molecule has 0 saturated heterocycles. The van der Waals surface area contributed by atoms with Crippen LogP contribution in [-0.2, 0) is 40.2 Å². The predicted octanol–water partition coefficient (Wildman–Crippen LogP) is 7.92. The molecule has 8 N–H and O–H groups in total. The van der Waals surface area contributed by atoms with Crippen LogP contribution in [0.5, 0.6) is 0 Å². The molecule has 3 heterocycles. The van der Waals surface area contributed by atoms with Crippen LogP contribution in [0.15, 0.2) is 182 Å². The lowest BCUT2D eigenvalue weighted by Gasteiger charge is -2.24. The van der Waals surface area contributed by atoms with Crippen LogP contribution in [0.2, 0.25) is 0 Å². The molecule has 0 radical (unpaired) electrons. The van der Waals surface area contributed by atoms with Crippen LogP contribution in [0, 0.1) is 0 Å². The Bertz CT molecular complexity index is 3030. The van der Waals surface area contributed by atoms with Gasteiger partial charge in [0.05, 0.1) is 6.04 Å². The van der Waals surface area contributed by atoms with Crippen LogP contribution >= 0.6 is 0 Å². The second-order valence-electron chi connectivity index (χ2n) is 16.3. The van der Waals surface area contributed by atoms with E-state index >= 15 is 0 Å². The number of nitrogens with one attached hydrogen (secondary N) is 6. The first-order chi connectivity index (χ1) is 32.3. The second kappa shape index (κ2) is 20.0. The van der Waals surface area contributed by atoms with Crippen LogP contribution in [0.25, 0.3) is 55.9 Å². The van der Waals surface area contributed by atoms with Crippen molar-refractivity contribution in [2.24, 2.45) is 5.73 Å². The molecule has 0 unspecified atom stereocenters. The number of aromatic nitrogens is 5. The first-order valence-corrected chi connectivity index (χ1v) is 22.0. The van der Waals surface area contributed by atoms with E-state index in [1.54, 1.807) is 12.4 Å². The highest BCUT2D eigenvalue weighted by Gasteiger charge is 2.30. The average molecular weight is 872 g/mol. The summed E-state index contributed by atoms with van der Waals surface area (Å²) in [6.45, 7) is 0.257. The Morgan fingerprint density at radius 3 is 1.56 bits per heavy atom. The topological polar surface area (TPSA) is 186 Å². The maximum Gasteiger partial charge on any atom is 0.243 e. The standard InChI is InChI=1S/C54H49N9O3/c55-46(29-43-33-57-50(60-43)40-24-20-38(21-25-40)36-14-6-2-7-15-36)52(64)62-48(28-42-32-56-47-19-11-10-18-45(42)47)54(66)63-49(53(65)59-31-35-12-4-1-5-13-35)30-44-34-58-51(61-44)41-26-22-39(23-27-41)37-16-8-3-9-17-37/h1-27,32-34,46,48-49,56H,28-31,55H2,(H,57,60)(H,58,61)(H,59,65)(H,62,64)(H,63,66)/t46-,48-,49-/m0/s1. The minimum atomic E-state index is -1.09. The fraction of sp³-hybridized carbons (Fsp3) is 0.130. The van der Waals surface area contributed by atoms with Crippen LogP contribution in [-0.4, -0.2) is 60.8 Å². The summed E-state index contributed by atoms with van der Waals surface area (Å²) >= 11 is 0. The first kappa shape index (κ1) is 42.9. The van der Waals surface area contributed by atoms with E-state index in [0.29, 0.717) is 23.0 Å². The molecule has 0 spiro atoms. The number of amides is 3. The van der Waals surface area contributed by atoms with E-state index in [9.17, 15) is 14.4 Å². The summed E-state index contributed by atoms with van der Waals surface area (Å²) < 4.78 is 0. The number of carbonyl (C=O) groups excluding carboxylic acids is 3. The Morgan fingerprint density at radius 1 is 0.500 bits per heavy atom. The number of hydrogen-bond donors (Lipinski definition) is 7. The summed E-state index contributed by atoms with van der Waals surface area (Å²) in [5, 5.41) is 9.82. The van der Waals surface area contributed by atoms with Gasteiger partial charge in [-0.15, -0.1) is 0 Å². The van der Waals surface area contributed by atoms with Gasteiger partial charge in [-0.05, 0) is 39.4 Å². The van der Waals surface area contributed by atoms with Crippen molar-refractivity contribution in [3.05, 3.63) is 205 Å². The van der Waals surface area contributed by atoms with Gasteiger partial charge in [-0.25, -0.2) is 9.97 Å². The number of nitrogens with two attached hydrogens (primary N) is 1. The number of para-hydroxylation sites is 1. The number of benzene rings is 6. The largest absolute Gasteiger partial charge is 0.361 e. The van der Waals surface area contributed by atoms with Crippen molar-refractivity contribution in [3.8, 4) is 45.0 Å². The lowest BCUT2D eigenvalue weighted by Crippen LogP contribution is -2.57. The smallest absolute Gasteiger partial charge is 0.243 e. The third-order valence-electron chi connectivity index (χ3n) is 11.7. The van der Waals surface area contributed by atoms with E-state index < -0.39 is 35.8 Å². The highest BCUT2D eigenvalue weighted by atomic mass is 16.2. The van der Waals surface area contributed by atoms with Crippen LogP contribution in [0.3, 0.4) is 0 Å². The fourth-order valence-electron chi connectivity index (χ4n) is 8.07. The van der Waals surface area contributed by atoms with Gasteiger partial charge in [0.15, 0.2) is 0 Å². The molecule has 0 fully saturated rings. The van der Waals surface area contributed by atoms with Gasteiger partial charge in [0.1, 0.15) is 23.7 Å². The lowest BCUT2D eigenvalue weighted by molar-refractivity contribution is -0.132. The summed E-state index contributed by atoms with van der Waals surface area (Å²) in [5.41, 5.74) is 16.6. The third-order valence-corrected chi connectivity index (χ3v) is 11.7. The molecule has 0 aliphatic heterocycles. The zero-order valence-corrected chi connectivity index (χ0v) is 36.1. The van der Waals surface area contributed by atoms with Gasteiger partial charge in [0.25, 0.3) is 0 Å². The van der Waals surface area contributed by atoms with Gasteiger partial charge < -0.3 is 36.6 Å². The van der Waals surface area contributed by atoms with E-state index in [0.717, 1.165) is 55.4 Å².